The van der Waals surface area contributed by atoms with E-state index in [0.29, 0.717) is 11.3 Å². The molecule has 1 amide bonds. The van der Waals surface area contributed by atoms with E-state index >= 15 is 0 Å². The number of nitrogens with one attached hydrogen (secondary N) is 1. The predicted octanol–water partition coefficient (Wildman–Crippen LogP) is 2.00. The van der Waals surface area contributed by atoms with Crippen molar-refractivity contribution in [3.05, 3.63) is 42.0 Å². The summed E-state index contributed by atoms with van der Waals surface area (Å²) in [7, 11) is 0. The summed E-state index contributed by atoms with van der Waals surface area (Å²) >= 11 is 0. The maximum atomic E-state index is 11.8. The molecule has 1 unspecified atom stereocenters. The summed E-state index contributed by atoms with van der Waals surface area (Å²) in [5, 5.41) is 11.4. The van der Waals surface area contributed by atoms with Crippen LogP contribution in [0.5, 0.6) is 0 Å². The lowest BCUT2D eigenvalue weighted by atomic mass is 10.2. The third-order valence-electron chi connectivity index (χ3n) is 2.27. The number of benzene rings is 1. The van der Waals surface area contributed by atoms with Gasteiger partial charge in [0.1, 0.15) is 6.07 Å². The zero-order valence-electron chi connectivity index (χ0n) is 10.7. The minimum absolute atomic E-state index is 0.350. The number of hydrogen-bond donors (Lipinski definition) is 1. The van der Waals surface area contributed by atoms with Gasteiger partial charge in [0.25, 0.3) is 5.91 Å². The van der Waals surface area contributed by atoms with Crippen molar-refractivity contribution < 1.29 is 14.3 Å². The molecular formula is C14H14N2O3. The number of amides is 1. The largest absolute Gasteiger partial charge is 0.449 e. The lowest BCUT2D eigenvalue weighted by Gasteiger charge is -2.12. The fourth-order valence-electron chi connectivity index (χ4n) is 1.33. The smallest absolute Gasteiger partial charge is 0.331 e. The molecule has 5 heteroatoms. The van der Waals surface area contributed by atoms with Gasteiger partial charge in [0.15, 0.2) is 6.10 Å². The number of hydrogen-bond acceptors (Lipinski definition) is 4. The second-order valence-electron chi connectivity index (χ2n) is 3.73. The first-order valence-corrected chi connectivity index (χ1v) is 5.71. The Hall–Kier alpha value is -2.61. The summed E-state index contributed by atoms with van der Waals surface area (Å²) in [5.74, 6) is -1.07. The Kier molecular flexibility index (Phi) is 5.30. The number of ether oxygens (including phenoxy) is 1. The summed E-state index contributed by atoms with van der Waals surface area (Å²) < 4.78 is 4.88. The van der Waals surface area contributed by atoms with Gasteiger partial charge in [-0.05, 0) is 26.0 Å². The molecule has 0 heterocycles. The molecule has 1 atom stereocenters. The average molecular weight is 258 g/mol. The first-order chi connectivity index (χ1) is 9.08. The molecule has 0 aliphatic rings. The molecule has 0 spiro atoms. The minimum Gasteiger partial charge on any atom is -0.449 e. The Morgan fingerprint density at radius 3 is 2.74 bits per heavy atom. The molecule has 1 aromatic rings. The zero-order chi connectivity index (χ0) is 14.3. The van der Waals surface area contributed by atoms with Crippen LogP contribution in [-0.4, -0.2) is 18.0 Å². The molecule has 0 aliphatic heterocycles. The molecule has 98 valence electrons. The van der Waals surface area contributed by atoms with Gasteiger partial charge in [0.2, 0.25) is 0 Å². The van der Waals surface area contributed by atoms with Crippen LogP contribution in [0.15, 0.2) is 36.4 Å². The lowest BCUT2D eigenvalue weighted by Crippen LogP contribution is -2.29. The molecule has 0 aromatic heterocycles. The quantitative estimate of drug-likeness (QED) is 0.661. The zero-order valence-corrected chi connectivity index (χ0v) is 10.7. The van der Waals surface area contributed by atoms with Gasteiger partial charge in [-0.3, -0.25) is 4.79 Å². The monoisotopic (exact) mass is 258 g/mol. The van der Waals surface area contributed by atoms with Gasteiger partial charge in [-0.1, -0.05) is 18.2 Å². The van der Waals surface area contributed by atoms with Crippen LogP contribution in [0.2, 0.25) is 0 Å². The van der Waals surface area contributed by atoms with Crippen LogP contribution >= 0.6 is 0 Å². The topological polar surface area (TPSA) is 79.2 Å². The number of carbonyl (C=O) groups is 2. The highest BCUT2D eigenvalue weighted by Crippen LogP contribution is 2.14. The van der Waals surface area contributed by atoms with Crippen LogP contribution < -0.4 is 5.32 Å². The normalized spacial score (nSPS) is 11.6. The second kappa shape index (κ2) is 6.97. The fraction of sp³-hybridized carbons (Fsp3) is 0.214. The van der Waals surface area contributed by atoms with E-state index in [2.05, 4.69) is 5.32 Å². The maximum Gasteiger partial charge on any atom is 0.331 e. The molecule has 0 aliphatic carbocycles. The number of rotatable bonds is 4. The van der Waals surface area contributed by atoms with Gasteiger partial charge in [-0.2, -0.15) is 5.26 Å². The Labute approximate surface area is 111 Å². The number of esters is 1. The highest BCUT2D eigenvalue weighted by molar-refractivity contribution is 5.96. The molecule has 0 bridgehead atoms. The number of anilines is 1. The summed E-state index contributed by atoms with van der Waals surface area (Å²) in [6, 6.07) is 8.56. The van der Waals surface area contributed by atoms with Crippen LogP contribution in [-0.2, 0) is 14.3 Å². The number of para-hydroxylation sites is 1. The van der Waals surface area contributed by atoms with Crippen LogP contribution in [0.25, 0.3) is 0 Å². The standard InChI is InChI=1S/C14H14N2O3/c1-3-6-13(17)19-10(2)14(18)16-12-8-5-4-7-11(12)9-15/h3-8,10H,1-2H3,(H,16,18). The predicted molar refractivity (Wildman–Crippen MR) is 70.2 cm³/mol. The summed E-state index contributed by atoms with van der Waals surface area (Å²) in [6.45, 7) is 3.14. The van der Waals surface area contributed by atoms with E-state index in [4.69, 9.17) is 10.00 Å². The van der Waals surface area contributed by atoms with Gasteiger partial charge < -0.3 is 10.1 Å². The molecule has 1 aromatic carbocycles. The summed E-state index contributed by atoms with van der Waals surface area (Å²) in [5.41, 5.74) is 0.742. The van der Waals surface area contributed by atoms with Crippen molar-refractivity contribution >= 4 is 17.6 Å². The van der Waals surface area contributed by atoms with Crippen LogP contribution in [0, 0.1) is 11.3 Å². The third-order valence-corrected chi connectivity index (χ3v) is 2.27. The van der Waals surface area contributed by atoms with E-state index in [0.717, 1.165) is 0 Å². The second-order valence-corrected chi connectivity index (χ2v) is 3.73. The van der Waals surface area contributed by atoms with Crippen molar-refractivity contribution in [1.82, 2.24) is 0 Å². The van der Waals surface area contributed by atoms with E-state index in [-0.39, 0.29) is 0 Å². The van der Waals surface area contributed by atoms with Crippen molar-refractivity contribution in [3.8, 4) is 6.07 Å². The number of allylic oxidation sites excluding steroid dienone is 1. The first kappa shape index (κ1) is 14.5. The molecular weight excluding hydrogens is 244 g/mol. The van der Waals surface area contributed by atoms with Gasteiger partial charge in [0, 0.05) is 6.08 Å². The van der Waals surface area contributed by atoms with Crippen molar-refractivity contribution in [3.63, 3.8) is 0 Å². The number of carbonyl (C=O) groups excluding carboxylic acids is 2. The van der Waals surface area contributed by atoms with E-state index in [9.17, 15) is 9.59 Å². The Balaban J connectivity index is 2.69. The molecule has 0 saturated carbocycles. The number of nitrogens with zero attached hydrogens (tertiary/aromatic N) is 1. The van der Waals surface area contributed by atoms with Gasteiger partial charge in [0.05, 0.1) is 11.3 Å². The average Bonchev–Trinajstić information content (AvgIpc) is 2.39. The first-order valence-electron chi connectivity index (χ1n) is 5.71. The van der Waals surface area contributed by atoms with Crippen LogP contribution in [0.3, 0.4) is 0 Å². The van der Waals surface area contributed by atoms with Crippen molar-refractivity contribution in [1.29, 1.82) is 5.26 Å². The molecule has 19 heavy (non-hydrogen) atoms. The van der Waals surface area contributed by atoms with E-state index in [1.165, 1.54) is 19.1 Å². The number of nitriles is 1. The van der Waals surface area contributed by atoms with E-state index in [1.807, 2.05) is 6.07 Å². The molecule has 1 N–H and O–H groups in total. The molecule has 0 saturated heterocycles. The summed E-state index contributed by atoms with van der Waals surface area (Å²) in [4.78, 5) is 23.0. The molecule has 0 radical (unpaired) electrons. The van der Waals surface area contributed by atoms with E-state index < -0.39 is 18.0 Å². The van der Waals surface area contributed by atoms with Gasteiger partial charge in [-0.15, -0.1) is 0 Å². The highest BCUT2D eigenvalue weighted by atomic mass is 16.5. The lowest BCUT2D eigenvalue weighted by molar-refractivity contribution is -0.148. The van der Waals surface area contributed by atoms with Gasteiger partial charge >= 0.3 is 5.97 Å². The Morgan fingerprint density at radius 2 is 2.11 bits per heavy atom. The third kappa shape index (κ3) is 4.28. The SMILES string of the molecule is CC=CC(=O)OC(C)C(=O)Nc1ccccc1C#N. The van der Waals surface area contributed by atoms with Gasteiger partial charge in [-0.25, -0.2) is 4.79 Å². The Morgan fingerprint density at radius 1 is 1.42 bits per heavy atom. The molecule has 1 rings (SSSR count). The summed E-state index contributed by atoms with van der Waals surface area (Å²) in [6.07, 6.45) is 1.82. The Bertz CT molecular complexity index is 544. The van der Waals surface area contributed by atoms with Crippen LogP contribution in [0.1, 0.15) is 19.4 Å². The van der Waals surface area contributed by atoms with E-state index in [1.54, 1.807) is 31.2 Å². The molecule has 5 nitrogen and oxygen atoms in total. The van der Waals surface area contributed by atoms with Crippen molar-refractivity contribution in [2.45, 2.75) is 20.0 Å². The molecule has 0 fully saturated rings. The highest BCUT2D eigenvalue weighted by Gasteiger charge is 2.17. The maximum absolute atomic E-state index is 11.8. The van der Waals surface area contributed by atoms with Crippen molar-refractivity contribution in [2.24, 2.45) is 0 Å². The van der Waals surface area contributed by atoms with Crippen molar-refractivity contribution in [2.75, 3.05) is 5.32 Å². The fourth-order valence-corrected chi connectivity index (χ4v) is 1.33. The van der Waals surface area contributed by atoms with Crippen LogP contribution in [0.4, 0.5) is 5.69 Å². The minimum atomic E-state index is -0.935.